The molecule has 0 fully saturated rings. The molecule has 0 atom stereocenters. The quantitative estimate of drug-likeness (QED) is 0.820. The molecule has 0 bridgehead atoms. The molecule has 10 heavy (non-hydrogen) atoms. The molecule has 0 unspecified atom stereocenters. The fourth-order valence-electron chi connectivity index (χ4n) is 0.416. The molecular weight excluding hydrogens is 282 g/mol. The third-order valence-electron chi connectivity index (χ3n) is 0.779. The first-order valence-corrected chi connectivity index (χ1v) is 3.11. The highest BCUT2D eigenvalue weighted by atomic mass is 79.9. The van der Waals surface area contributed by atoms with E-state index in [1.54, 1.807) is 0 Å². The zero-order valence-corrected chi connectivity index (χ0v) is 9.35. The first kappa shape index (κ1) is 13.0. The van der Waals surface area contributed by atoms with E-state index in [1.165, 1.54) is 11.3 Å². The molecule has 1 aromatic rings. The standard InChI is InChI=1S/C4H7N3S.2BrH/c5-1-3-2-8-4(6)7-3;;/h2H,1,5H2,(H2,6,7);2*1H. The van der Waals surface area contributed by atoms with Crippen molar-refractivity contribution in [2.24, 2.45) is 5.73 Å². The fourth-order valence-corrected chi connectivity index (χ4v) is 0.992. The van der Waals surface area contributed by atoms with Gasteiger partial charge in [0.05, 0.1) is 5.69 Å². The van der Waals surface area contributed by atoms with Gasteiger partial charge >= 0.3 is 0 Å². The van der Waals surface area contributed by atoms with Crippen LogP contribution in [0.4, 0.5) is 5.13 Å². The lowest BCUT2D eigenvalue weighted by atomic mass is 10.5. The Hall–Kier alpha value is 0.350. The van der Waals surface area contributed by atoms with E-state index in [-0.39, 0.29) is 34.0 Å². The highest BCUT2D eigenvalue weighted by molar-refractivity contribution is 8.93. The number of thiazole rings is 1. The van der Waals surface area contributed by atoms with E-state index in [9.17, 15) is 0 Å². The molecule has 1 aromatic heterocycles. The second-order valence-electron chi connectivity index (χ2n) is 1.38. The van der Waals surface area contributed by atoms with E-state index >= 15 is 0 Å². The Bertz CT molecular complexity index is 179. The van der Waals surface area contributed by atoms with Gasteiger partial charge in [-0.1, -0.05) is 0 Å². The van der Waals surface area contributed by atoms with E-state index in [1.807, 2.05) is 5.38 Å². The van der Waals surface area contributed by atoms with Crippen molar-refractivity contribution >= 4 is 50.4 Å². The van der Waals surface area contributed by atoms with Gasteiger partial charge in [0, 0.05) is 11.9 Å². The van der Waals surface area contributed by atoms with Crippen molar-refractivity contribution in [1.82, 2.24) is 4.98 Å². The second kappa shape index (κ2) is 6.09. The molecule has 0 radical (unpaired) electrons. The van der Waals surface area contributed by atoms with Gasteiger partial charge in [-0.3, -0.25) is 0 Å². The molecule has 0 aliphatic rings. The maximum Gasteiger partial charge on any atom is 0.180 e. The molecular formula is C4H9Br2N3S. The van der Waals surface area contributed by atoms with Crippen molar-refractivity contribution in [3.8, 4) is 0 Å². The van der Waals surface area contributed by atoms with Crippen molar-refractivity contribution in [2.75, 3.05) is 5.73 Å². The van der Waals surface area contributed by atoms with Gasteiger partial charge in [-0.15, -0.1) is 45.3 Å². The van der Waals surface area contributed by atoms with Crippen LogP contribution in [0.1, 0.15) is 5.69 Å². The molecule has 0 saturated carbocycles. The Morgan fingerprint density at radius 3 is 2.30 bits per heavy atom. The van der Waals surface area contributed by atoms with E-state index in [4.69, 9.17) is 11.5 Å². The van der Waals surface area contributed by atoms with E-state index in [0.717, 1.165) is 5.69 Å². The Labute approximate surface area is 84.4 Å². The topological polar surface area (TPSA) is 64.9 Å². The number of nitrogens with two attached hydrogens (primary N) is 2. The summed E-state index contributed by atoms with van der Waals surface area (Å²) in [5, 5.41) is 2.44. The Kier molecular flexibility index (Phi) is 7.90. The summed E-state index contributed by atoms with van der Waals surface area (Å²) in [6, 6.07) is 0. The van der Waals surface area contributed by atoms with Crippen LogP contribution in [-0.2, 0) is 6.54 Å². The summed E-state index contributed by atoms with van der Waals surface area (Å²) in [7, 11) is 0. The molecule has 0 spiro atoms. The lowest BCUT2D eigenvalue weighted by Gasteiger charge is -1.80. The van der Waals surface area contributed by atoms with E-state index < -0.39 is 0 Å². The molecule has 0 saturated heterocycles. The average Bonchev–Trinajstić information content (AvgIpc) is 2.14. The third kappa shape index (κ3) is 3.50. The lowest BCUT2D eigenvalue weighted by molar-refractivity contribution is 1.01. The normalized spacial score (nSPS) is 7.70. The van der Waals surface area contributed by atoms with Crippen LogP contribution in [0.25, 0.3) is 0 Å². The minimum atomic E-state index is 0. The molecule has 4 N–H and O–H groups in total. The number of hydrogen-bond acceptors (Lipinski definition) is 4. The molecule has 1 heterocycles. The van der Waals surface area contributed by atoms with Crippen LogP contribution in [0.3, 0.4) is 0 Å². The van der Waals surface area contributed by atoms with E-state index in [2.05, 4.69) is 4.98 Å². The number of rotatable bonds is 1. The van der Waals surface area contributed by atoms with Gasteiger partial charge in [0.2, 0.25) is 0 Å². The van der Waals surface area contributed by atoms with Crippen LogP contribution in [-0.4, -0.2) is 4.98 Å². The molecule has 6 heteroatoms. The molecule has 0 aromatic carbocycles. The molecule has 0 amide bonds. The average molecular weight is 291 g/mol. The van der Waals surface area contributed by atoms with Crippen molar-refractivity contribution in [2.45, 2.75) is 6.54 Å². The SMILES string of the molecule is Br.Br.NCc1csc(N)n1. The van der Waals surface area contributed by atoms with Gasteiger partial charge in [-0.05, 0) is 0 Å². The van der Waals surface area contributed by atoms with E-state index in [0.29, 0.717) is 11.7 Å². The lowest BCUT2D eigenvalue weighted by Crippen LogP contribution is -1.96. The first-order valence-electron chi connectivity index (χ1n) is 2.23. The molecule has 0 aliphatic carbocycles. The van der Waals surface area contributed by atoms with Crippen molar-refractivity contribution in [3.63, 3.8) is 0 Å². The number of nitrogens with zero attached hydrogens (tertiary/aromatic N) is 1. The van der Waals surface area contributed by atoms with Crippen molar-refractivity contribution < 1.29 is 0 Å². The van der Waals surface area contributed by atoms with Crippen LogP contribution < -0.4 is 11.5 Å². The Morgan fingerprint density at radius 1 is 1.50 bits per heavy atom. The summed E-state index contributed by atoms with van der Waals surface area (Å²) in [6.07, 6.45) is 0. The van der Waals surface area contributed by atoms with Gasteiger partial charge in [-0.25, -0.2) is 4.98 Å². The van der Waals surface area contributed by atoms with Gasteiger partial charge in [0.15, 0.2) is 5.13 Å². The third-order valence-corrected chi connectivity index (χ3v) is 1.50. The minimum Gasteiger partial charge on any atom is -0.375 e. The van der Waals surface area contributed by atoms with Crippen LogP contribution >= 0.6 is 45.3 Å². The molecule has 0 aliphatic heterocycles. The van der Waals surface area contributed by atoms with Crippen LogP contribution in [0.5, 0.6) is 0 Å². The van der Waals surface area contributed by atoms with Crippen molar-refractivity contribution in [1.29, 1.82) is 0 Å². The van der Waals surface area contributed by atoms with Crippen LogP contribution in [0.15, 0.2) is 5.38 Å². The smallest absolute Gasteiger partial charge is 0.180 e. The molecule has 60 valence electrons. The predicted octanol–water partition coefficient (Wildman–Crippen LogP) is 1.34. The number of halogens is 2. The van der Waals surface area contributed by atoms with Gasteiger partial charge in [0.25, 0.3) is 0 Å². The molecule has 1 rings (SSSR count). The summed E-state index contributed by atoms with van der Waals surface area (Å²) in [5.41, 5.74) is 11.4. The Morgan fingerprint density at radius 2 is 2.10 bits per heavy atom. The van der Waals surface area contributed by atoms with Gasteiger partial charge in [-0.2, -0.15) is 0 Å². The highest BCUT2D eigenvalue weighted by Gasteiger charge is 1.92. The monoisotopic (exact) mass is 289 g/mol. The summed E-state index contributed by atoms with van der Waals surface area (Å²) in [4.78, 5) is 3.90. The number of hydrogen-bond donors (Lipinski definition) is 2. The number of anilines is 1. The van der Waals surface area contributed by atoms with Crippen LogP contribution in [0, 0.1) is 0 Å². The largest absolute Gasteiger partial charge is 0.375 e. The number of nitrogen functional groups attached to an aromatic ring is 1. The zero-order chi connectivity index (χ0) is 5.98. The maximum atomic E-state index is 5.31. The summed E-state index contributed by atoms with van der Waals surface area (Å²) >= 11 is 1.42. The highest BCUT2D eigenvalue weighted by Crippen LogP contribution is 2.09. The summed E-state index contributed by atoms with van der Waals surface area (Å²) < 4.78 is 0. The van der Waals surface area contributed by atoms with Gasteiger partial charge < -0.3 is 11.5 Å². The summed E-state index contributed by atoms with van der Waals surface area (Å²) in [6.45, 7) is 0.480. The number of aromatic nitrogens is 1. The molecule has 3 nitrogen and oxygen atoms in total. The van der Waals surface area contributed by atoms with Crippen LogP contribution in [0.2, 0.25) is 0 Å². The predicted molar refractivity (Wildman–Crippen MR) is 55.1 cm³/mol. The van der Waals surface area contributed by atoms with Crippen molar-refractivity contribution in [3.05, 3.63) is 11.1 Å². The zero-order valence-electron chi connectivity index (χ0n) is 5.11. The summed E-state index contributed by atoms with van der Waals surface area (Å²) in [5.74, 6) is 0. The fraction of sp³-hybridized carbons (Fsp3) is 0.250. The minimum absolute atomic E-state index is 0. The Balaban J connectivity index is 0. The van der Waals surface area contributed by atoms with Gasteiger partial charge in [0.1, 0.15) is 0 Å². The first-order chi connectivity index (χ1) is 3.83. The second-order valence-corrected chi connectivity index (χ2v) is 2.27. The maximum absolute atomic E-state index is 5.31.